The summed E-state index contributed by atoms with van der Waals surface area (Å²) in [6.07, 6.45) is 1.74. The van der Waals surface area contributed by atoms with Gasteiger partial charge in [-0.15, -0.1) is 0 Å². The molecule has 0 bridgehead atoms. The van der Waals surface area contributed by atoms with Crippen LogP contribution in [-0.2, 0) is 6.61 Å². The fourth-order valence-corrected chi connectivity index (χ4v) is 3.00. The van der Waals surface area contributed by atoms with Crippen LogP contribution in [0.5, 0.6) is 5.75 Å². The summed E-state index contributed by atoms with van der Waals surface area (Å²) in [5.74, 6) is 0.364. The van der Waals surface area contributed by atoms with Gasteiger partial charge in [-0.25, -0.2) is 4.39 Å². The van der Waals surface area contributed by atoms with Crippen LogP contribution < -0.4 is 4.74 Å². The summed E-state index contributed by atoms with van der Waals surface area (Å²) < 4.78 is 18.7. The Morgan fingerprint density at radius 2 is 1.81 bits per heavy atom. The van der Waals surface area contributed by atoms with Gasteiger partial charge in [0.2, 0.25) is 0 Å². The highest BCUT2D eigenvalue weighted by atomic mass is 35.5. The van der Waals surface area contributed by atoms with Gasteiger partial charge < -0.3 is 4.74 Å². The molecule has 0 saturated heterocycles. The van der Waals surface area contributed by atoms with E-state index in [2.05, 4.69) is 6.07 Å². The number of ether oxygens (including phenoxy) is 1. The van der Waals surface area contributed by atoms with Crippen LogP contribution in [0.3, 0.4) is 0 Å². The van der Waals surface area contributed by atoms with Crippen LogP contribution in [-0.4, -0.2) is 0 Å². The zero-order valence-corrected chi connectivity index (χ0v) is 15.6. The van der Waals surface area contributed by atoms with Crippen LogP contribution in [0, 0.1) is 17.1 Å². The summed E-state index contributed by atoms with van der Waals surface area (Å²) in [5.41, 5.74) is 2.70. The lowest BCUT2D eigenvalue weighted by molar-refractivity contribution is 0.306. The summed E-state index contributed by atoms with van der Waals surface area (Å²) in [4.78, 5) is 0. The van der Waals surface area contributed by atoms with Gasteiger partial charge in [0.25, 0.3) is 0 Å². The first kappa shape index (κ1) is 19.0. The average Bonchev–Trinajstić information content (AvgIpc) is 2.66. The van der Waals surface area contributed by atoms with E-state index in [0.717, 1.165) is 11.1 Å². The first-order valence-electron chi connectivity index (χ1n) is 8.10. The van der Waals surface area contributed by atoms with Gasteiger partial charge in [0.15, 0.2) is 0 Å². The topological polar surface area (TPSA) is 33.0 Å². The van der Waals surface area contributed by atoms with Crippen molar-refractivity contribution < 1.29 is 9.13 Å². The van der Waals surface area contributed by atoms with Crippen molar-refractivity contribution in [1.29, 1.82) is 5.26 Å². The van der Waals surface area contributed by atoms with Gasteiger partial charge in [-0.1, -0.05) is 53.5 Å². The summed E-state index contributed by atoms with van der Waals surface area (Å²) in [6.45, 7) is 0.321. The monoisotopic (exact) mass is 397 g/mol. The predicted octanol–water partition coefficient (Wildman–Crippen LogP) is 6.78. The SMILES string of the molecule is N#C/C(=C\c1cccc(OCc2ccc(F)cc2)c1)c1ccc(Cl)cc1Cl. The molecule has 0 N–H and O–H groups in total. The molecule has 0 saturated carbocycles. The number of benzene rings is 3. The molecular weight excluding hydrogens is 384 g/mol. The third-order valence-electron chi connectivity index (χ3n) is 3.83. The molecular formula is C22H14Cl2FNO. The van der Waals surface area contributed by atoms with E-state index in [1.807, 2.05) is 24.3 Å². The highest BCUT2D eigenvalue weighted by molar-refractivity contribution is 6.36. The zero-order chi connectivity index (χ0) is 19.2. The Morgan fingerprint density at radius 3 is 2.52 bits per heavy atom. The second kappa shape index (κ2) is 8.73. The van der Waals surface area contributed by atoms with Crippen molar-refractivity contribution in [2.24, 2.45) is 0 Å². The Morgan fingerprint density at radius 1 is 1.04 bits per heavy atom. The molecule has 0 aliphatic carbocycles. The van der Waals surface area contributed by atoms with Gasteiger partial charge in [0.1, 0.15) is 18.2 Å². The Balaban J connectivity index is 1.80. The maximum Gasteiger partial charge on any atom is 0.123 e. The van der Waals surface area contributed by atoms with Crippen molar-refractivity contribution in [3.8, 4) is 11.8 Å². The van der Waals surface area contributed by atoms with Gasteiger partial charge in [-0.3, -0.25) is 0 Å². The molecule has 0 spiro atoms. The number of nitrogens with zero attached hydrogens (tertiary/aromatic N) is 1. The Labute approximate surface area is 167 Å². The van der Waals surface area contributed by atoms with Crippen LogP contribution in [0.1, 0.15) is 16.7 Å². The average molecular weight is 398 g/mol. The lowest BCUT2D eigenvalue weighted by Gasteiger charge is -2.08. The maximum absolute atomic E-state index is 13.0. The Kier molecular flexibility index (Phi) is 6.13. The third kappa shape index (κ3) is 5.10. The number of hydrogen-bond acceptors (Lipinski definition) is 2. The van der Waals surface area contributed by atoms with Crippen molar-refractivity contribution in [1.82, 2.24) is 0 Å². The van der Waals surface area contributed by atoms with Crippen LogP contribution in [0.15, 0.2) is 66.7 Å². The van der Waals surface area contributed by atoms with E-state index in [1.165, 1.54) is 12.1 Å². The zero-order valence-electron chi connectivity index (χ0n) is 14.1. The summed E-state index contributed by atoms with van der Waals surface area (Å²) in [7, 11) is 0. The van der Waals surface area contributed by atoms with E-state index in [9.17, 15) is 9.65 Å². The summed E-state index contributed by atoms with van der Waals surface area (Å²) >= 11 is 12.1. The molecule has 0 aromatic heterocycles. The quantitative estimate of drug-likeness (QED) is 0.351. The molecule has 0 unspecified atom stereocenters. The predicted molar refractivity (Wildman–Crippen MR) is 107 cm³/mol. The fourth-order valence-electron chi connectivity index (χ4n) is 2.49. The molecule has 134 valence electrons. The normalized spacial score (nSPS) is 11.1. The standard InChI is InChI=1S/C22H14Cl2FNO/c23-18-6-9-21(22(24)12-18)17(13-26)10-16-2-1-3-20(11-16)27-14-15-4-7-19(25)8-5-15/h1-12H,14H2/b17-10+. The van der Waals surface area contributed by atoms with E-state index in [1.54, 1.807) is 36.4 Å². The minimum atomic E-state index is -0.282. The first-order chi connectivity index (χ1) is 13.0. The lowest BCUT2D eigenvalue weighted by atomic mass is 10.0. The highest BCUT2D eigenvalue weighted by Gasteiger charge is 2.07. The first-order valence-corrected chi connectivity index (χ1v) is 8.85. The van der Waals surface area contributed by atoms with E-state index in [4.69, 9.17) is 27.9 Å². The molecule has 0 aliphatic heterocycles. The molecule has 3 aromatic carbocycles. The summed E-state index contributed by atoms with van der Waals surface area (Å²) in [6, 6.07) is 20.7. The van der Waals surface area contributed by atoms with Crippen LogP contribution in [0.2, 0.25) is 10.0 Å². The number of allylic oxidation sites excluding steroid dienone is 1. The third-order valence-corrected chi connectivity index (χ3v) is 4.38. The van der Waals surface area contributed by atoms with Gasteiger partial charge in [-0.2, -0.15) is 5.26 Å². The minimum Gasteiger partial charge on any atom is -0.489 e. The fraction of sp³-hybridized carbons (Fsp3) is 0.0455. The number of nitriles is 1. The largest absolute Gasteiger partial charge is 0.489 e. The number of halogens is 3. The Hall–Kier alpha value is -2.80. The van der Waals surface area contributed by atoms with E-state index in [0.29, 0.717) is 33.5 Å². The number of hydrogen-bond donors (Lipinski definition) is 0. The smallest absolute Gasteiger partial charge is 0.123 e. The molecule has 27 heavy (non-hydrogen) atoms. The molecule has 2 nitrogen and oxygen atoms in total. The molecule has 0 aliphatic rings. The second-order valence-corrected chi connectivity index (χ2v) is 6.63. The second-order valence-electron chi connectivity index (χ2n) is 5.78. The molecule has 0 heterocycles. The minimum absolute atomic E-state index is 0.282. The molecule has 0 radical (unpaired) electrons. The van der Waals surface area contributed by atoms with Crippen molar-refractivity contribution in [3.05, 3.63) is 99.3 Å². The lowest BCUT2D eigenvalue weighted by Crippen LogP contribution is -1.95. The maximum atomic E-state index is 13.0. The summed E-state index contributed by atoms with van der Waals surface area (Å²) in [5, 5.41) is 10.4. The molecule has 0 amide bonds. The van der Waals surface area contributed by atoms with E-state index < -0.39 is 0 Å². The Bertz CT molecular complexity index is 1020. The van der Waals surface area contributed by atoms with Gasteiger partial charge in [0, 0.05) is 10.6 Å². The molecule has 3 aromatic rings. The van der Waals surface area contributed by atoms with Crippen molar-refractivity contribution in [3.63, 3.8) is 0 Å². The number of rotatable bonds is 5. The van der Waals surface area contributed by atoms with Gasteiger partial charge in [-0.05, 0) is 53.6 Å². The van der Waals surface area contributed by atoms with Crippen molar-refractivity contribution >= 4 is 34.9 Å². The van der Waals surface area contributed by atoms with Gasteiger partial charge >= 0.3 is 0 Å². The molecule has 5 heteroatoms. The van der Waals surface area contributed by atoms with E-state index in [-0.39, 0.29) is 5.82 Å². The highest BCUT2D eigenvalue weighted by Crippen LogP contribution is 2.28. The van der Waals surface area contributed by atoms with Crippen LogP contribution >= 0.6 is 23.2 Å². The van der Waals surface area contributed by atoms with Crippen LogP contribution in [0.25, 0.3) is 11.6 Å². The van der Waals surface area contributed by atoms with Gasteiger partial charge in [0.05, 0.1) is 16.7 Å². The van der Waals surface area contributed by atoms with Crippen molar-refractivity contribution in [2.45, 2.75) is 6.61 Å². The molecule has 3 rings (SSSR count). The van der Waals surface area contributed by atoms with Crippen LogP contribution in [0.4, 0.5) is 4.39 Å². The molecule has 0 atom stereocenters. The van der Waals surface area contributed by atoms with Crippen molar-refractivity contribution in [2.75, 3.05) is 0 Å². The van der Waals surface area contributed by atoms with E-state index >= 15 is 0 Å². The molecule has 0 fully saturated rings.